The molecule has 4 aromatic rings. The van der Waals surface area contributed by atoms with Crippen molar-refractivity contribution in [2.45, 2.75) is 0 Å². The Balaban J connectivity index is 1.97. The highest BCUT2D eigenvalue weighted by molar-refractivity contribution is 9.10. The van der Waals surface area contributed by atoms with Crippen LogP contribution in [0.5, 0.6) is 5.75 Å². The SMILES string of the molecule is O=c1/c(=C/c2cc([N+](=O)[O-])ccc2O)sc2nc3cc(Br)cnc3n12. The molecule has 3 heterocycles. The molecule has 124 valence electrons. The number of thiazole rings is 1. The molecule has 3 aromatic heterocycles. The van der Waals surface area contributed by atoms with Crippen LogP contribution in [-0.2, 0) is 0 Å². The highest BCUT2D eigenvalue weighted by Crippen LogP contribution is 2.24. The first-order valence-corrected chi connectivity index (χ1v) is 8.50. The molecule has 0 radical (unpaired) electrons. The molecule has 0 saturated heterocycles. The normalized spacial score (nSPS) is 12.3. The van der Waals surface area contributed by atoms with E-state index in [1.165, 1.54) is 28.7 Å². The molecule has 0 bridgehead atoms. The molecule has 0 aliphatic carbocycles. The lowest BCUT2D eigenvalue weighted by molar-refractivity contribution is -0.384. The molecule has 0 fully saturated rings. The van der Waals surface area contributed by atoms with Crippen LogP contribution in [0.1, 0.15) is 5.56 Å². The van der Waals surface area contributed by atoms with Crippen molar-refractivity contribution < 1.29 is 10.0 Å². The summed E-state index contributed by atoms with van der Waals surface area (Å²) in [6.07, 6.45) is 2.98. The van der Waals surface area contributed by atoms with Gasteiger partial charge >= 0.3 is 0 Å². The molecule has 1 N–H and O–H groups in total. The summed E-state index contributed by atoms with van der Waals surface area (Å²) >= 11 is 4.43. The van der Waals surface area contributed by atoms with E-state index in [9.17, 15) is 20.0 Å². The second kappa shape index (κ2) is 5.60. The quantitative estimate of drug-likeness (QED) is 0.394. The summed E-state index contributed by atoms with van der Waals surface area (Å²) in [5.74, 6) is -0.150. The molecule has 0 atom stereocenters. The zero-order chi connectivity index (χ0) is 17.7. The third-order valence-electron chi connectivity index (χ3n) is 3.56. The van der Waals surface area contributed by atoms with Crippen molar-refractivity contribution in [3.8, 4) is 5.75 Å². The Morgan fingerprint density at radius 3 is 2.92 bits per heavy atom. The predicted octanol–water partition coefficient (Wildman–Crippen LogP) is 2.23. The number of imidazole rings is 1. The van der Waals surface area contributed by atoms with Gasteiger partial charge in [0.05, 0.1) is 9.46 Å². The van der Waals surface area contributed by atoms with Crippen LogP contribution in [0, 0.1) is 10.1 Å². The molecule has 4 rings (SSSR count). The summed E-state index contributed by atoms with van der Waals surface area (Å²) < 4.78 is 2.43. The topological polar surface area (TPSA) is 111 Å². The zero-order valence-electron chi connectivity index (χ0n) is 12.2. The Morgan fingerprint density at radius 2 is 2.16 bits per heavy atom. The first-order valence-electron chi connectivity index (χ1n) is 6.89. The summed E-state index contributed by atoms with van der Waals surface area (Å²) in [5.41, 5.74) is 0.693. The van der Waals surface area contributed by atoms with Gasteiger partial charge in [-0.3, -0.25) is 14.9 Å². The third-order valence-corrected chi connectivity index (χ3v) is 4.96. The van der Waals surface area contributed by atoms with E-state index in [1.54, 1.807) is 12.3 Å². The number of pyridine rings is 1. The fourth-order valence-electron chi connectivity index (χ4n) is 2.43. The number of benzene rings is 1. The summed E-state index contributed by atoms with van der Waals surface area (Å²) in [5, 5.41) is 20.8. The molecule has 10 heteroatoms. The first-order chi connectivity index (χ1) is 11.9. The second-order valence-electron chi connectivity index (χ2n) is 5.14. The van der Waals surface area contributed by atoms with Crippen LogP contribution in [0.25, 0.3) is 22.2 Å². The van der Waals surface area contributed by atoms with Gasteiger partial charge in [-0.25, -0.2) is 14.4 Å². The Hall–Kier alpha value is -2.85. The third kappa shape index (κ3) is 2.55. The number of hydrogen-bond donors (Lipinski definition) is 1. The standard InChI is InChI=1S/C15H7BrN4O4S/c16-8-5-10-13(17-6-8)19-14(22)12(25-15(19)18-10)4-7-3-9(20(23)24)1-2-11(7)21/h1-6,21H/b12-4-. The van der Waals surface area contributed by atoms with Gasteiger partial charge in [0.15, 0.2) is 10.6 Å². The Morgan fingerprint density at radius 1 is 1.36 bits per heavy atom. The van der Waals surface area contributed by atoms with Crippen molar-refractivity contribution in [3.05, 3.63) is 65.5 Å². The van der Waals surface area contributed by atoms with E-state index in [4.69, 9.17) is 0 Å². The van der Waals surface area contributed by atoms with Crippen molar-refractivity contribution in [1.82, 2.24) is 14.4 Å². The van der Waals surface area contributed by atoms with Gasteiger partial charge in [-0.1, -0.05) is 11.3 Å². The van der Waals surface area contributed by atoms with Gasteiger partial charge in [0, 0.05) is 28.4 Å². The monoisotopic (exact) mass is 418 g/mol. The van der Waals surface area contributed by atoms with Crippen molar-refractivity contribution in [2.24, 2.45) is 0 Å². The van der Waals surface area contributed by atoms with Crippen LogP contribution in [0.4, 0.5) is 5.69 Å². The van der Waals surface area contributed by atoms with Crippen molar-refractivity contribution >= 4 is 55.2 Å². The largest absolute Gasteiger partial charge is 0.507 e. The number of rotatable bonds is 2. The van der Waals surface area contributed by atoms with Crippen LogP contribution in [0.15, 0.2) is 39.7 Å². The average Bonchev–Trinajstić information content (AvgIpc) is 3.05. The minimum absolute atomic E-state index is 0.150. The Bertz CT molecular complexity index is 1280. The molecular formula is C15H7BrN4O4S. The number of nitro groups is 1. The average molecular weight is 419 g/mol. The maximum Gasteiger partial charge on any atom is 0.276 e. The lowest BCUT2D eigenvalue weighted by Gasteiger charge is -1.97. The molecule has 25 heavy (non-hydrogen) atoms. The number of fused-ring (bicyclic) bond motifs is 3. The fourth-order valence-corrected chi connectivity index (χ4v) is 3.71. The number of phenolic OH excluding ortho intramolecular Hbond substituents is 1. The first kappa shape index (κ1) is 15.7. The Labute approximate surface area is 151 Å². The fraction of sp³-hybridized carbons (Fsp3) is 0. The van der Waals surface area contributed by atoms with E-state index in [-0.39, 0.29) is 22.6 Å². The van der Waals surface area contributed by atoms with Crippen molar-refractivity contribution in [2.75, 3.05) is 0 Å². The number of aromatic nitrogens is 3. The van der Waals surface area contributed by atoms with Gasteiger partial charge in [0.25, 0.3) is 11.2 Å². The minimum Gasteiger partial charge on any atom is -0.507 e. The molecule has 0 saturated carbocycles. The molecule has 8 nitrogen and oxygen atoms in total. The maximum atomic E-state index is 12.7. The molecule has 0 spiro atoms. The van der Waals surface area contributed by atoms with Gasteiger partial charge < -0.3 is 5.11 Å². The van der Waals surface area contributed by atoms with Gasteiger partial charge in [-0.2, -0.15) is 0 Å². The number of phenols is 1. The lowest BCUT2D eigenvalue weighted by Crippen LogP contribution is -2.23. The van der Waals surface area contributed by atoms with E-state index in [0.717, 1.165) is 15.8 Å². The second-order valence-corrected chi connectivity index (χ2v) is 7.07. The maximum absolute atomic E-state index is 12.7. The smallest absolute Gasteiger partial charge is 0.276 e. The zero-order valence-corrected chi connectivity index (χ0v) is 14.6. The molecule has 0 unspecified atom stereocenters. The van der Waals surface area contributed by atoms with Crippen LogP contribution in [0.3, 0.4) is 0 Å². The summed E-state index contributed by atoms with van der Waals surface area (Å²) in [7, 11) is 0. The van der Waals surface area contributed by atoms with E-state index >= 15 is 0 Å². The summed E-state index contributed by atoms with van der Waals surface area (Å²) in [4.78, 5) is 32.0. The number of halogens is 1. The van der Waals surface area contributed by atoms with Crippen molar-refractivity contribution in [1.29, 1.82) is 0 Å². The van der Waals surface area contributed by atoms with Crippen LogP contribution >= 0.6 is 27.3 Å². The van der Waals surface area contributed by atoms with Gasteiger partial charge in [-0.15, -0.1) is 0 Å². The molecular weight excluding hydrogens is 412 g/mol. The summed E-state index contributed by atoms with van der Waals surface area (Å²) in [6.45, 7) is 0. The van der Waals surface area contributed by atoms with E-state index in [0.29, 0.717) is 20.7 Å². The highest BCUT2D eigenvalue weighted by Gasteiger charge is 2.14. The van der Waals surface area contributed by atoms with Crippen LogP contribution < -0.4 is 10.1 Å². The number of nitrogens with zero attached hydrogens (tertiary/aromatic N) is 4. The number of aromatic hydroxyl groups is 1. The number of non-ortho nitro benzene ring substituents is 1. The number of nitro benzene ring substituents is 1. The summed E-state index contributed by atoms with van der Waals surface area (Å²) in [6, 6.07) is 5.39. The molecule has 0 amide bonds. The Kier molecular flexibility index (Phi) is 3.51. The highest BCUT2D eigenvalue weighted by atomic mass is 79.9. The predicted molar refractivity (Wildman–Crippen MR) is 95.9 cm³/mol. The molecule has 0 aliphatic heterocycles. The van der Waals surface area contributed by atoms with E-state index < -0.39 is 4.92 Å². The molecule has 1 aromatic carbocycles. The number of hydrogen-bond acceptors (Lipinski definition) is 7. The van der Waals surface area contributed by atoms with E-state index in [2.05, 4.69) is 25.9 Å². The molecule has 0 aliphatic rings. The minimum atomic E-state index is -0.564. The van der Waals surface area contributed by atoms with Gasteiger partial charge in [-0.05, 0) is 34.1 Å². The lowest BCUT2D eigenvalue weighted by atomic mass is 10.1. The van der Waals surface area contributed by atoms with Crippen LogP contribution in [-0.4, -0.2) is 24.4 Å². The van der Waals surface area contributed by atoms with Crippen molar-refractivity contribution in [3.63, 3.8) is 0 Å². The van der Waals surface area contributed by atoms with E-state index in [1.807, 2.05) is 0 Å². The van der Waals surface area contributed by atoms with Gasteiger partial charge in [0.1, 0.15) is 11.3 Å². The van der Waals surface area contributed by atoms with Crippen LogP contribution in [0.2, 0.25) is 0 Å². The van der Waals surface area contributed by atoms with Gasteiger partial charge in [0.2, 0.25) is 0 Å².